The van der Waals surface area contributed by atoms with Crippen molar-refractivity contribution in [2.75, 3.05) is 36.8 Å². The van der Waals surface area contributed by atoms with Crippen LogP contribution >= 0.6 is 23.4 Å². The third-order valence-corrected chi connectivity index (χ3v) is 5.76. The Morgan fingerprint density at radius 3 is 2.67 bits per heavy atom. The van der Waals surface area contributed by atoms with Crippen LogP contribution in [0.25, 0.3) is 0 Å². The van der Waals surface area contributed by atoms with E-state index >= 15 is 0 Å². The van der Waals surface area contributed by atoms with Crippen molar-refractivity contribution in [3.05, 3.63) is 52.2 Å². The molecule has 0 spiro atoms. The van der Waals surface area contributed by atoms with E-state index in [0.717, 1.165) is 35.1 Å². The molecule has 1 aliphatic rings. The van der Waals surface area contributed by atoms with Crippen LogP contribution in [0.1, 0.15) is 16.8 Å². The first-order chi connectivity index (χ1) is 13.0. The summed E-state index contributed by atoms with van der Waals surface area (Å²) in [5.74, 6) is 0.373. The normalized spacial score (nSPS) is 14.1. The van der Waals surface area contributed by atoms with Gasteiger partial charge >= 0.3 is 0 Å². The first-order valence-corrected chi connectivity index (χ1v) is 10.1. The van der Waals surface area contributed by atoms with Crippen molar-refractivity contribution in [3.63, 3.8) is 0 Å². The van der Waals surface area contributed by atoms with Crippen molar-refractivity contribution in [1.29, 1.82) is 5.26 Å². The van der Waals surface area contributed by atoms with Crippen LogP contribution in [-0.4, -0.2) is 47.7 Å². The molecule has 0 aliphatic carbocycles. The van der Waals surface area contributed by atoms with E-state index in [0.29, 0.717) is 29.4 Å². The zero-order chi connectivity index (χ0) is 19.4. The Kier molecular flexibility index (Phi) is 6.25. The van der Waals surface area contributed by atoms with Gasteiger partial charge in [-0.05, 0) is 43.7 Å². The molecular formula is C20H21ClN4OS. The van der Waals surface area contributed by atoms with E-state index in [1.807, 2.05) is 49.1 Å². The number of halogens is 1. The molecule has 140 valence electrons. The summed E-state index contributed by atoms with van der Waals surface area (Å²) in [6.07, 6.45) is 0. The minimum atomic E-state index is 0.0793. The number of piperazine rings is 1. The van der Waals surface area contributed by atoms with Crippen LogP contribution < -0.4 is 4.90 Å². The van der Waals surface area contributed by atoms with Gasteiger partial charge in [-0.15, -0.1) is 0 Å². The Labute approximate surface area is 168 Å². The maximum absolute atomic E-state index is 12.6. The molecule has 7 heteroatoms. The van der Waals surface area contributed by atoms with Gasteiger partial charge in [0.1, 0.15) is 11.1 Å². The lowest BCUT2D eigenvalue weighted by molar-refractivity contribution is -0.128. The average molecular weight is 401 g/mol. The third kappa shape index (κ3) is 4.74. The number of aromatic nitrogens is 1. The molecule has 0 bridgehead atoms. The van der Waals surface area contributed by atoms with Gasteiger partial charge in [0.05, 0.1) is 11.3 Å². The van der Waals surface area contributed by atoms with Crippen molar-refractivity contribution in [2.45, 2.75) is 18.9 Å². The molecular weight excluding hydrogens is 380 g/mol. The number of nitriles is 1. The van der Waals surface area contributed by atoms with Crippen molar-refractivity contribution in [1.82, 2.24) is 9.88 Å². The van der Waals surface area contributed by atoms with Gasteiger partial charge in [0.15, 0.2) is 0 Å². The Hall–Kier alpha value is -2.23. The molecule has 0 unspecified atom stereocenters. The lowest BCUT2D eigenvalue weighted by atomic mass is 10.1. The average Bonchev–Trinajstić information content (AvgIpc) is 2.66. The molecule has 3 rings (SSSR count). The monoisotopic (exact) mass is 400 g/mol. The number of amides is 1. The van der Waals surface area contributed by atoms with Gasteiger partial charge in [0.2, 0.25) is 5.91 Å². The van der Waals surface area contributed by atoms with E-state index in [-0.39, 0.29) is 5.91 Å². The second-order valence-corrected chi connectivity index (χ2v) is 7.91. The Balaban J connectivity index is 1.57. The van der Waals surface area contributed by atoms with Crippen LogP contribution in [0.5, 0.6) is 0 Å². The van der Waals surface area contributed by atoms with Crippen LogP contribution in [0.15, 0.2) is 35.4 Å². The van der Waals surface area contributed by atoms with E-state index in [1.54, 1.807) is 0 Å². The minimum Gasteiger partial charge on any atom is -0.368 e. The molecule has 1 fully saturated rings. The molecule has 0 saturated carbocycles. The van der Waals surface area contributed by atoms with E-state index < -0.39 is 0 Å². The summed E-state index contributed by atoms with van der Waals surface area (Å²) in [5.41, 5.74) is 3.40. The largest absolute Gasteiger partial charge is 0.368 e. The fraction of sp³-hybridized carbons (Fsp3) is 0.350. The van der Waals surface area contributed by atoms with Gasteiger partial charge in [0.25, 0.3) is 0 Å². The maximum Gasteiger partial charge on any atom is 0.233 e. The highest BCUT2D eigenvalue weighted by Crippen LogP contribution is 2.25. The number of hydrogen-bond acceptors (Lipinski definition) is 5. The Morgan fingerprint density at radius 1 is 1.26 bits per heavy atom. The molecule has 1 aromatic carbocycles. The van der Waals surface area contributed by atoms with Gasteiger partial charge in [-0.2, -0.15) is 5.26 Å². The van der Waals surface area contributed by atoms with Crippen LogP contribution in [-0.2, 0) is 4.79 Å². The number of pyridine rings is 1. The van der Waals surface area contributed by atoms with Crippen LogP contribution in [0.2, 0.25) is 5.02 Å². The van der Waals surface area contributed by atoms with Crippen LogP contribution in [0, 0.1) is 25.2 Å². The maximum atomic E-state index is 12.6. The summed E-state index contributed by atoms with van der Waals surface area (Å²) in [7, 11) is 0. The summed E-state index contributed by atoms with van der Waals surface area (Å²) < 4.78 is 0. The molecule has 2 heterocycles. The molecule has 5 nitrogen and oxygen atoms in total. The van der Waals surface area contributed by atoms with E-state index in [9.17, 15) is 10.1 Å². The number of nitrogens with zero attached hydrogens (tertiary/aromatic N) is 4. The fourth-order valence-corrected chi connectivity index (χ4v) is 4.34. The summed E-state index contributed by atoms with van der Waals surface area (Å²) in [6, 6.07) is 11.9. The van der Waals surface area contributed by atoms with E-state index in [4.69, 9.17) is 11.6 Å². The summed E-state index contributed by atoms with van der Waals surface area (Å²) in [5, 5.41) is 10.7. The molecule has 0 atom stereocenters. The number of aryl methyl sites for hydroxylation is 2. The van der Waals surface area contributed by atoms with Gasteiger partial charge in [0, 0.05) is 42.6 Å². The van der Waals surface area contributed by atoms with E-state index in [1.165, 1.54) is 11.8 Å². The fourth-order valence-electron chi connectivity index (χ4n) is 3.15. The Morgan fingerprint density at radius 2 is 2.00 bits per heavy atom. The third-order valence-electron chi connectivity index (χ3n) is 4.56. The van der Waals surface area contributed by atoms with Gasteiger partial charge < -0.3 is 9.80 Å². The topological polar surface area (TPSA) is 60.2 Å². The second kappa shape index (κ2) is 8.64. The van der Waals surface area contributed by atoms with E-state index in [2.05, 4.69) is 16.0 Å². The summed E-state index contributed by atoms with van der Waals surface area (Å²) in [4.78, 5) is 21.1. The Bertz CT molecular complexity index is 888. The molecule has 2 aromatic rings. The summed E-state index contributed by atoms with van der Waals surface area (Å²) in [6.45, 7) is 6.71. The molecule has 1 saturated heterocycles. The van der Waals surface area contributed by atoms with Gasteiger partial charge in [-0.3, -0.25) is 4.79 Å². The summed E-state index contributed by atoms with van der Waals surface area (Å²) >= 11 is 7.41. The highest BCUT2D eigenvalue weighted by Gasteiger charge is 2.22. The van der Waals surface area contributed by atoms with Crippen molar-refractivity contribution in [2.24, 2.45) is 0 Å². The molecule has 0 radical (unpaired) electrons. The predicted molar refractivity (Wildman–Crippen MR) is 109 cm³/mol. The first kappa shape index (κ1) is 19.5. The lowest BCUT2D eigenvalue weighted by Crippen LogP contribution is -2.49. The molecule has 1 aromatic heterocycles. The van der Waals surface area contributed by atoms with Crippen molar-refractivity contribution in [3.8, 4) is 6.07 Å². The molecule has 0 N–H and O–H groups in total. The SMILES string of the molecule is Cc1cc(C)c(C#N)c(SCC(=O)N2CCN(c3cccc(Cl)c3)CC2)n1. The first-order valence-electron chi connectivity index (χ1n) is 8.77. The highest BCUT2D eigenvalue weighted by molar-refractivity contribution is 8.00. The quantitative estimate of drug-likeness (QED) is 0.733. The van der Waals surface area contributed by atoms with Crippen molar-refractivity contribution < 1.29 is 4.79 Å². The number of benzene rings is 1. The molecule has 1 aliphatic heterocycles. The van der Waals surface area contributed by atoms with Crippen molar-refractivity contribution >= 4 is 35.0 Å². The number of carbonyl (C=O) groups excluding carboxylic acids is 1. The number of carbonyl (C=O) groups is 1. The smallest absolute Gasteiger partial charge is 0.233 e. The predicted octanol–water partition coefficient (Wildman–Crippen LogP) is 3.66. The second-order valence-electron chi connectivity index (χ2n) is 6.51. The van der Waals surface area contributed by atoms with Crippen LogP contribution in [0.3, 0.4) is 0 Å². The zero-order valence-corrected chi connectivity index (χ0v) is 17.0. The lowest BCUT2D eigenvalue weighted by Gasteiger charge is -2.36. The number of hydrogen-bond donors (Lipinski definition) is 0. The molecule has 27 heavy (non-hydrogen) atoms. The molecule has 1 amide bonds. The number of thioether (sulfide) groups is 1. The number of anilines is 1. The minimum absolute atomic E-state index is 0.0793. The highest BCUT2D eigenvalue weighted by atomic mass is 35.5. The van der Waals surface area contributed by atoms with Crippen LogP contribution in [0.4, 0.5) is 5.69 Å². The van der Waals surface area contributed by atoms with Gasteiger partial charge in [-0.1, -0.05) is 29.4 Å². The standard InChI is InChI=1S/C20H21ClN4OS/c1-14-10-15(2)23-20(18(14)12-22)27-13-19(26)25-8-6-24(7-9-25)17-5-3-4-16(21)11-17/h3-5,10-11H,6-9,13H2,1-2H3. The zero-order valence-electron chi connectivity index (χ0n) is 15.4. The van der Waals surface area contributed by atoms with Gasteiger partial charge in [-0.25, -0.2) is 4.98 Å². The number of rotatable bonds is 4.